The van der Waals surface area contributed by atoms with Crippen LogP contribution in [0.3, 0.4) is 0 Å². The van der Waals surface area contributed by atoms with Gasteiger partial charge in [0.1, 0.15) is 0 Å². The number of hydrogen-bond donors (Lipinski definition) is 2. The highest BCUT2D eigenvalue weighted by atomic mass is 32.2. The molecular weight excluding hydrogens is 293 g/mol. The van der Waals surface area contributed by atoms with Gasteiger partial charge in [0.05, 0.1) is 0 Å². The Morgan fingerprint density at radius 3 is 1.90 bits per heavy atom. The lowest BCUT2D eigenvalue weighted by Gasteiger charge is -2.53. The predicted octanol–water partition coefficient (Wildman–Crippen LogP) is 1.97. The number of alkyl halides is 3. The third kappa shape index (κ3) is 2.69. The number of sulfonamides is 1. The van der Waals surface area contributed by atoms with Crippen LogP contribution >= 0.6 is 0 Å². The van der Waals surface area contributed by atoms with E-state index < -0.39 is 20.9 Å². The Labute approximate surface area is 117 Å². The van der Waals surface area contributed by atoms with Crippen LogP contribution in [0.4, 0.5) is 13.2 Å². The fraction of sp³-hybridized carbons (Fsp3) is 1.00. The summed E-state index contributed by atoms with van der Waals surface area (Å²) in [5, 5.41) is 0. The predicted molar refractivity (Wildman–Crippen MR) is 69.1 cm³/mol. The summed E-state index contributed by atoms with van der Waals surface area (Å²) < 4.78 is 61.4. The first-order valence-electron chi connectivity index (χ1n) is 6.99. The van der Waals surface area contributed by atoms with Crippen LogP contribution in [0.2, 0.25) is 0 Å². The van der Waals surface area contributed by atoms with Crippen molar-refractivity contribution >= 4 is 10.0 Å². The zero-order valence-corrected chi connectivity index (χ0v) is 12.1. The van der Waals surface area contributed by atoms with Crippen molar-refractivity contribution in [1.29, 1.82) is 0 Å². The van der Waals surface area contributed by atoms with Gasteiger partial charge in [-0.25, -0.2) is 13.1 Å². The number of nitrogens with one attached hydrogen (secondary N) is 1. The first kappa shape index (κ1) is 16.0. The summed E-state index contributed by atoms with van der Waals surface area (Å²) in [5.74, 6) is 0.465. The molecule has 0 atom stereocenters. The minimum absolute atomic E-state index is 0.194. The van der Waals surface area contributed by atoms with E-state index in [1.54, 1.807) is 4.72 Å². The summed E-state index contributed by atoms with van der Waals surface area (Å²) in [7, 11) is -5.28. The van der Waals surface area contributed by atoms with Crippen LogP contribution in [0.15, 0.2) is 0 Å². The average Bonchev–Trinajstić information content (AvgIpc) is 2.34. The quantitative estimate of drug-likeness (QED) is 0.833. The van der Waals surface area contributed by atoms with Crippen molar-refractivity contribution in [3.63, 3.8) is 0 Å². The second-order valence-corrected chi connectivity index (χ2v) is 7.72. The minimum Gasteiger partial charge on any atom is -0.330 e. The molecule has 2 saturated carbocycles. The fourth-order valence-corrected chi connectivity index (χ4v) is 4.62. The van der Waals surface area contributed by atoms with E-state index in [1.165, 1.54) is 0 Å². The summed E-state index contributed by atoms with van der Waals surface area (Å²) in [5.41, 5.74) is 0.0883. The van der Waals surface area contributed by atoms with Crippen LogP contribution < -0.4 is 10.5 Å². The van der Waals surface area contributed by atoms with Gasteiger partial charge in [0.25, 0.3) is 0 Å². The van der Waals surface area contributed by atoms with Crippen LogP contribution in [-0.2, 0) is 10.0 Å². The Kier molecular flexibility index (Phi) is 4.37. The molecule has 2 rings (SSSR count). The van der Waals surface area contributed by atoms with Gasteiger partial charge in [0.2, 0.25) is 0 Å². The van der Waals surface area contributed by atoms with Crippen LogP contribution in [0.25, 0.3) is 0 Å². The standard InChI is InChI=1S/C12H21F3N2O2S/c13-12(14,15)20(18,19)17-8-11(7-16)9-3-1-4-10(11)6-2-5-9/h9-10,17H,1-8,16H2. The topological polar surface area (TPSA) is 72.2 Å². The lowest BCUT2D eigenvalue weighted by atomic mass is 9.54. The van der Waals surface area contributed by atoms with Gasteiger partial charge < -0.3 is 5.73 Å². The van der Waals surface area contributed by atoms with Gasteiger partial charge in [-0.3, -0.25) is 0 Å². The molecule has 0 saturated heterocycles. The van der Waals surface area contributed by atoms with Gasteiger partial charge in [0, 0.05) is 12.0 Å². The maximum absolute atomic E-state index is 12.4. The Morgan fingerprint density at radius 2 is 1.55 bits per heavy atom. The molecule has 8 heteroatoms. The zero-order chi connectivity index (χ0) is 15.0. The van der Waals surface area contributed by atoms with E-state index in [0.29, 0.717) is 0 Å². The van der Waals surface area contributed by atoms with Crippen LogP contribution in [0, 0.1) is 17.3 Å². The molecule has 2 aliphatic carbocycles. The Bertz CT molecular complexity index is 428. The molecule has 0 aromatic heterocycles. The van der Waals surface area contributed by atoms with Crippen molar-refractivity contribution in [2.45, 2.75) is 44.0 Å². The Balaban J connectivity index is 2.16. The first-order valence-corrected chi connectivity index (χ1v) is 8.47. The van der Waals surface area contributed by atoms with E-state index in [4.69, 9.17) is 5.73 Å². The summed E-state index contributed by atoms with van der Waals surface area (Å²) in [6, 6.07) is 0. The van der Waals surface area contributed by atoms with E-state index in [-0.39, 0.29) is 24.9 Å². The molecule has 20 heavy (non-hydrogen) atoms. The summed E-state index contributed by atoms with van der Waals surface area (Å²) in [4.78, 5) is 0. The first-order chi connectivity index (χ1) is 9.23. The Morgan fingerprint density at radius 1 is 1.10 bits per heavy atom. The summed E-state index contributed by atoms with van der Waals surface area (Å²) >= 11 is 0. The molecule has 0 unspecified atom stereocenters. The van der Waals surface area contributed by atoms with Crippen molar-refractivity contribution in [2.75, 3.05) is 13.1 Å². The largest absolute Gasteiger partial charge is 0.511 e. The van der Waals surface area contributed by atoms with Gasteiger partial charge in [-0.15, -0.1) is 0 Å². The van der Waals surface area contributed by atoms with Gasteiger partial charge in [-0.05, 0) is 44.1 Å². The van der Waals surface area contributed by atoms with E-state index in [9.17, 15) is 21.6 Å². The van der Waals surface area contributed by atoms with Crippen molar-refractivity contribution < 1.29 is 21.6 Å². The molecule has 0 radical (unpaired) electrons. The molecule has 0 heterocycles. The average molecular weight is 314 g/mol. The van der Waals surface area contributed by atoms with Gasteiger partial charge in [-0.2, -0.15) is 13.2 Å². The number of halogens is 3. The second kappa shape index (κ2) is 5.46. The minimum atomic E-state index is -5.28. The SMILES string of the molecule is NCC1(CNS(=O)(=O)C(F)(F)F)C2CCCC1CCC2. The molecule has 2 bridgehead atoms. The van der Waals surface area contributed by atoms with Gasteiger partial charge >= 0.3 is 15.5 Å². The van der Waals surface area contributed by atoms with E-state index >= 15 is 0 Å². The number of nitrogens with two attached hydrogens (primary N) is 1. The van der Waals surface area contributed by atoms with E-state index in [1.807, 2.05) is 0 Å². The maximum atomic E-state index is 12.4. The van der Waals surface area contributed by atoms with Gasteiger partial charge in [-0.1, -0.05) is 12.8 Å². The zero-order valence-electron chi connectivity index (χ0n) is 11.2. The molecule has 2 aliphatic rings. The van der Waals surface area contributed by atoms with Crippen molar-refractivity contribution in [1.82, 2.24) is 4.72 Å². The molecule has 0 aromatic rings. The number of fused-ring (bicyclic) bond motifs is 2. The molecule has 0 aliphatic heterocycles. The van der Waals surface area contributed by atoms with E-state index in [0.717, 1.165) is 38.5 Å². The monoisotopic (exact) mass is 314 g/mol. The summed E-state index contributed by atoms with van der Waals surface area (Å²) in [6.07, 6.45) is 5.85. The molecule has 4 nitrogen and oxygen atoms in total. The van der Waals surface area contributed by atoms with Crippen LogP contribution in [0.5, 0.6) is 0 Å². The summed E-state index contributed by atoms with van der Waals surface area (Å²) in [6.45, 7) is 0.0450. The highest BCUT2D eigenvalue weighted by molar-refractivity contribution is 7.90. The van der Waals surface area contributed by atoms with Crippen molar-refractivity contribution in [2.24, 2.45) is 23.0 Å². The second-order valence-electron chi connectivity index (χ2n) is 5.96. The molecule has 118 valence electrons. The lowest BCUT2D eigenvalue weighted by Crippen LogP contribution is -2.56. The fourth-order valence-electron chi connectivity index (χ4n) is 4.00. The lowest BCUT2D eigenvalue weighted by molar-refractivity contribution is -0.0469. The molecule has 3 N–H and O–H groups in total. The van der Waals surface area contributed by atoms with Gasteiger partial charge in [0.15, 0.2) is 0 Å². The molecule has 0 aromatic carbocycles. The van der Waals surface area contributed by atoms with Crippen LogP contribution in [0.1, 0.15) is 38.5 Å². The van der Waals surface area contributed by atoms with E-state index in [2.05, 4.69) is 0 Å². The molecule has 0 amide bonds. The van der Waals surface area contributed by atoms with Crippen molar-refractivity contribution in [3.05, 3.63) is 0 Å². The number of rotatable bonds is 4. The molecule has 2 fully saturated rings. The van der Waals surface area contributed by atoms with Crippen molar-refractivity contribution in [3.8, 4) is 0 Å². The highest BCUT2D eigenvalue weighted by Crippen LogP contribution is 2.52. The molecular formula is C12H21F3N2O2S. The smallest absolute Gasteiger partial charge is 0.330 e. The molecule has 0 spiro atoms. The normalized spacial score (nSPS) is 35.0. The third-order valence-corrected chi connectivity index (χ3v) is 6.25. The Hall–Kier alpha value is -0.340. The third-order valence-electron chi connectivity index (χ3n) is 5.11. The van der Waals surface area contributed by atoms with Crippen LogP contribution in [-0.4, -0.2) is 27.0 Å². The number of hydrogen-bond acceptors (Lipinski definition) is 3. The highest BCUT2D eigenvalue weighted by Gasteiger charge is 2.51. The maximum Gasteiger partial charge on any atom is 0.511 e.